The smallest absolute Gasteiger partial charge is 0.219 e. The molecule has 0 atom stereocenters. The zero-order valence-corrected chi connectivity index (χ0v) is 17.4. The van der Waals surface area contributed by atoms with Gasteiger partial charge < -0.3 is 19.5 Å². The summed E-state index contributed by atoms with van der Waals surface area (Å²) in [7, 11) is 0. The van der Waals surface area contributed by atoms with E-state index in [1.165, 1.54) is 0 Å². The minimum Gasteiger partial charge on any atom is -0.450 e. The number of piperazine rings is 1. The molecular formula is C22H22ClN5O2. The number of aromatic nitrogens is 2. The predicted molar refractivity (Wildman–Crippen MR) is 121 cm³/mol. The van der Waals surface area contributed by atoms with Crippen molar-refractivity contribution in [3.8, 4) is 0 Å². The first-order valence-corrected chi connectivity index (χ1v) is 9.69. The second-order valence-electron chi connectivity index (χ2n) is 7.16. The van der Waals surface area contributed by atoms with Crippen LogP contribution in [-0.2, 0) is 4.79 Å². The van der Waals surface area contributed by atoms with Gasteiger partial charge in [-0.05, 0) is 36.4 Å². The lowest BCUT2D eigenvalue weighted by molar-refractivity contribution is -0.129. The summed E-state index contributed by atoms with van der Waals surface area (Å²) in [6.07, 6.45) is 1.55. The molecule has 4 aromatic rings. The molecule has 3 heterocycles. The third-order valence-corrected chi connectivity index (χ3v) is 5.38. The van der Waals surface area contributed by atoms with Gasteiger partial charge in [-0.3, -0.25) is 4.79 Å². The van der Waals surface area contributed by atoms with Crippen LogP contribution < -0.4 is 10.2 Å². The van der Waals surface area contributed by atoms with Crippen molar-refractivity contribution in [2.75, 3.05) is 36.4 Å². The van der Waals surface area contributed by atoms with Crippen molar-refractivity contribution in [3.05, 3.63) is 54.9 Å². The summed E-state index contributed by atoms with van der Waals surface area (Å²) in [5, 5.41) is 4.32. The maximum atomic E-state index is 11.5. The fraction of sp³-hybridized carbons (Fsp3) is 0.227. The van der Waals surface area contributed by atoms with Crippen molar-refractivity contribution in [2.24, 2.45) is 0 Å². The first-order chi connectivity index (χ1) is 14.2. The SMILES string of the molecule is CC(=O)N1CCN(c2ccc(Nc3ncnc4c3oc3ccccc34)cc2)CC1.Cl. The van der Waals surface area contributed by atoms with Gasteiger partial charge in [0.2, 0.25) is 5.91 Å². The highest BCUT2D eigenvalue weighted by Crippen LogP contribution is 2.32. The molecule has 30 heavy (non-hydrogen) atoms. The molecule has 0 aliphatic carbocycles. The first kappa shape index (κ1) is 20.0. The Morgan fingerprint density at radius 3 is 2.47 bits per heavy atom. The van der Waals surface area contributed by atoms with Gasteiger partial charge in [-0.25, -0.2) is 9.97 Å². The molecule has 154 valence electrons. The largest absolute Gasteiger partial charge is 0.450 e. The van der Waals surface area contributed by atoms with Gasteiger partial charge in [-0.15, -0.1) is 12.4 Å². The summed E-state index contributed by atoms with van der Waals surface area (Å²) < 4.78 is 5.98. The molecule has 8 heteroatoms. The summed E-state index contributed by atoms with van der Waals surface area (Å²) in [6.45, 7) is 4.85. The Kier molecular flexibility index (Phi) is 5.46. The van der Waals surface area contributed by atoms with Crippen LogP contribution in [-0.4, -0.2) is 47.0 Å². The van der Waals surface area contributed by atoms with Crippen molar-refractivity contribution in [3.63, 3.8) is 0 Å². The number of benzene rings is 2. The molecule has 1 aliphatic heterocycles. The summed E-state index contributed by atoms with van der Waals surface area (Å²) in [5.74, 6) is 0.792. The number of anilines is 3. The Labute approximate surface area is 180 Å². The van der Waals surface area contributed by atoms with Crippen molar-refractivity contribution in [1.29, 1.82) is 0 Å². The number of fused-ring (bicyclic) bond motifs is 3. The van der Waals surface area contributed by atoms with E-state index in [0.717, 1.165) is 54.0 Å². The third kappa shape index (κ3) is 3.64. The highest BCUT2D eigenvalue weighted by molar-refractivity contribution is 6.05. The molecule has 7 nitrogen and oxygen atoms in total. The fourth-order valence-corrected chi connectivity index (χ4v) is 3.78. The minimum absolute atomic E-state index is 0. The third-order valence-electron chi connectivity index (χ3n) is 5.38. The molecule has 1 N–H and O–H groups in total. The van der Waals surface area contributed by atoms with Crippen LogP contribution >= 0.6 is 12.4 Å². The zero-order chi connectivity index (χ0) is 19.8. The molecule has 0 radical (unpaired) electrons. The van der Waals surface area contributed by atoms with Gasteiger partial charge in [0, 0.05) is 49.9 Å². The maximum Gasteiger partial charge on any atom is 0.219 e. The number of para-hydroxylation sites is 1. The number of hydrogen-bond donors (Lipinski definition) is 1. The van der Waals surface area contributed by atoms with Crippen LogP contribution in [0.5, 0.6) is 0 Å². The Hall–Kier alpha value is -3.32. The van der Waals surface area contributed by atoms with E-state index < -0.39 is 0 Å². The normalized spacial score (nSPS) is 14.0. The fourth-order valence-electron chi connectivity index (χ4n) is 3.78. The van der Waals surface area contributed by atoms with Crippen LogP contribution in [0.1, 0.15) is 6.92 Å². The molecule has 2 aromatic carbocycles. The molecule has 1 amide bonds. The van der Waals surface area contributed by atoms with E-state index in [0.29, 0.717) is 11.4 Å². The van der Waals surface area contributed by atoms with Crippen LogP contribution in [0.4, 0.5) is 17.2 Å². The first-order valence-electron chi connectivity index (χ1n) is 9.69. The van der Waals surface area contributed by atoms with E-state index in [2.05, 4.69) is 32.3 Å². The molecule has 0 bridgehead atoms. The van der Waals surface area contributed by atoms with Crippen LogP contribution in [0.2, 0.25) is 0 Å². The molecule has 1 saturated heterocycles. The van der Waals surface area contributed by atoms with E-state index >= 15 is 0 Å². The molecule has 1 fully saturated rings. The summed E-state index contributed by atoms with van der Waals surface area (Å²) in [4.78, 5) is 24.4. The number of amides is 1. The molecular weight excluding hydrogens is 402 g/mol. The van der Waals surface area contributed by atoms with Gasteiger partial charge in [0.15, 0.2) is 11.4 Å². The highest BCUT2D eigenvalue weighted by Gasteiger charge is 2.19. The van der Waals surface area contributed by atoms with Crippen molar-refractivity contribution < 1.29 is 9.21 Å². The van der Waals surface area contributed by atoms with Crippen LogP contribution in [0.3, 0.4) is 0 Å². The molecule has 1 aliphatic rings. The number of halogens is 1. The number of furan rings is 1. The van der Waals surface area contributed by atoms with Crippen LogP contribution in [0.25, 0.3) is 22.1 Å². The number of nitrogens with one attached hydrogen (secondary N) is 1. The number of nitrogens with zero attached hydrogens (tertiary/aromatic N) is 4. The summed E-state index contributed by atoms with van der Waals surface area (Å²) in [5.41, 5.74) is 4.33. The molecule has 0 saturated carbocycles. The van der Waals surface area contributed by atoms with Gasteiger partial charge in [-0.2, -0.15) is 0 Å². The second-order valence-corrected chi connectivity index (χ2v) is 7.16. The standard InChI is InChI=1S/C22H21N5O2.ClH/c1-15(28)26-10-12-27(13-11-26)17-8-6-16(7-9-17)25-22-21-20(23-14-24-22)18-4-2-3-5-19(18)29-21;/h2-9,14H,10-13H2,1H3,(H,23,24,25);1H. The number of rotatable bonds is 3. The lowest BCUT2D eigenvalue weighted by atomic mass is 10.2. The van der Waals surface area contributed by atoms with Crippen LogP contribution in [0.15, 0.2) is 59.3 Å². The molecule has 0 unspecified atom stereocenters. The maximum absolute atomic E-state index is 11.5. The topological polar surface area (TPSA) is 74.5 Å². The predicted octanol–water partition coefficient (Wildman–Crippen LogP) is 4.21. The van der Waals surface area contributed by atoms with Gasteiger partial charge >= 0.3 is 0 Å². The average molecular weight is 424 g/mol. The average Bonchev–Trinajstić information content (AvgIpc) is 3.14. The van der Waals surface area contributed by atoms with E-state index in [4.69, 9.17) is 4.42 Å². The lowest BCUT2D eigenvalue weighted by Crippen LogP contribution is -2.48. The number of hydrogen-bond acceptors (Lipinski definition) is 6. The zero-order valence-electron chi connectivity index (χ0n) is 16.5. The molecule has 2 aromatic heterocycles. The van der Waals surface area contributed by atoms with Gasteiger partial charge in [0.05, 0.1) is 0 Å². The van der Waals surface area contributed by atoms with E-state index in [9.17, 15) is 4.79 Å². The van der Waals surface area contributed by atoms with Gasteiger partial charge in [-0.1, -0.05) is 12.1 Å². The van der Waals surface area contributed by atoms with E-state index in [1.807, 2.05) is 41.3 Å². The molecule has 0 spiro atoms. The Morgan fingerprint density at radius 2 is 1.73 bits per heavy atom. The minimum atomic E-state index is 0. The van der Waals surface area contributed by atoms with Crippen molar-refractivity contribution in [2.45, 2.75) is 6.92 Å². The quantitative estimate of drug-likeness (QED) is 0.532. The monoisotopic (exact) mass is 423 g/mol. The van der Waals surface area contributed by atoms with Gasteiger partial charge in [0.1, 0.15) is 17.4 Å². The van der Waals surface area contributed by atoms with E-state index in [1.54, 1.807) is 13.3 Å². The van der Waals surface area contributed by atoms with Gasteiger partial charge in [0.25, 0.3) is 0 Å². The van der Waals surface area contributed by atoms with Crippen molar-refractivity contribution in [1.82, 2.24) is 14.9 Å². The number of carbonyl (C=O) groups excluding carboxylic acids is 1. The van der Waals surface area contributed by atoms with Crippen molar-refractivity contribution >= 4 is 57.6 Å². The summed E-state index contributed by atoms with van der Waals surface area (Å²) >= 11 is 0. The molecule has 5 rings (SSSR count). The van der Waals surface area contributed by atoms with E-state index in [-0.39, 0.29) is 18.3 Å². The Balaban J connectivity index is 0.00000218. The number of carbonyl (C=O) groups is 1. The summed E-state index contributed by atoms with van der Waals surface area (Å²) in [6, 6.07) is 16.1. The Bertz CT molecular complexity index is 1180. The van der Waals surface area contributed by atoms with Crippen LogP contribution in [0, 0.1) is 0 Å². The Morgan fingerprint density at radius 1 is 1.00 bits per heavy atom. The highest BCUT2D eigenvalue weighted by atomic mass is 35.5. The second kappa shape index (κ2) is 8.20. The lowest BCUT2D eigenvalue weighted by Gasteiger charge is -2.35.